The third-order valence-electron chi connectivity index (χ3n) is 22.5. The number of nitrogen functional groups attached to an aromatic ring is 6. The molecule has 0 aliphatic carbocycles. The van der Waals surface area contributed by atoms with Gasteiger partial charge in [-0.05, 0) is 89.4 Å². The van der Waals surface area contributed by atoms with Crippen LogP contribution in [0.5, 0.6) is 0 Å². The zero-order valence-electron chi connectivity index (χ0n) is 67.6. The second-order valence-corrected chi connectivity index (χ2v) is 49.2. The summed E-state index contributed by atoms with van der Waals surface area (Å²) >= 11 is 30.8. The summed E-state index contributed by atoms with van der Waals surface area (Å²) in [7, 11) is 0. The van der Waals surface area contributed by atoms with E-state index in [1.54, 1.807) is 24.3 Å². The molecule has 9 saturated heterocycles. The van der Waals surface area contributed by atoms with Crippen molar-refractivity contribution in [2.45, 2.75) is 146 Å². The Morgan fingerprint density at radius 1 is 0.415 bits per heavy atom. The summed E-state index contributed by atoms with van der Waals surface area (Å²) in [5, 5.41) is 6.82. The minimum atomic E-state index is -4.45. The predicted octanol–water partition coefficient (Wildman–Crippen LogP) is 4.70. The summed E-state index contributed by atoms with van der Waals surface area (Å²) in [5.41, 5.74) is 35.6. The van der Waals surface area contributed by atoms with Gasteiger partial charge in [0.2, 0.25) is 5.95 Å². The molecule has 50 nitrogen and oxygen atoms in total. The first-order valence-electron chi connectivity index (χ1n) is 39.5. The molecule has 6 bridgehead atoms. The Labute approximate surface area is 784 Å². The standard InChI is InChI=1S/2C23H25F2N7O9P2S2.C20H22F2N10O8P2S3/c2*24-15-12-6-36-42(34,44)40-18-13(39-22(16(18)25)31-4-2-9-10(26)1-3-28-20(9)31)7-37-43(35,45)41-19(15)23(38-12)32-8-29-17-11(32)5-14(27)30-21(17)33;21-9-8-4-37-42(35,44)39-13-7(38-18(10(13)22)32-15-11(29-30-32)6(23)1-2-25-15)3-36-41(34,43)40-14(9)19(45-8)31-5-26-12-16(31)27-20(24)28-17(12)33/h2*1-5,8,12-13,15-16,18-19,22-23H,6-7H2,(H2,26,28)(H,34,44)(H,35,45)(H3,27,30,33);1-2,5,7-10,13-14,18-19H,3-4H2,(H2,23,25)(H,34,43)(H,35,44)(H3,24,27,28,33)/t2*12-,13-,15-,16+,18-,19-,22-,23-,42?,43?;7-,8-,9+,10+,13-,14-,18-,19-,41?,42?/m111/s1. The van der Waals surface area contributed by atoms with E-state index in [1.165, 1.54) is 91.0 Å². The topological polar surface area (TPSA) is 675 Å². The van der Waals surface area contributed by atoms with Gasteiger partial charge < -0.3 is 133 Å². The number of alkyl halides is 6. The molecule has 0 saturated carbocycles. The predicted molar refractivity (Wildman–Crippen MR) is 484 cm³/mol. The first-order chi connectivity index (χ1) is 63.9. The summed E-state index contributed by atoms with van der Waals surface area (Å²) in [6, 6.07) is 10.7. The Balaban J connectivity index is 0.000000130. The molecule has 0 radical (unpaired) electrons. The van der Waals surface area contributed by atoms with Gasteiger partial charge in [-0.2, -0.15) is 9.67 Å². The number of nitrogens with one attached hydrogen (secondary N) is 3. The Bertz CT molecular complexity index is 6500. The van der Waals surface area contributed by atoms with Crippen molar-refractivity contribution in [3.05, 3.63) is 123 Å². The van der Waals surface area contributed by atoms with Crippen molar-refractivity contribution in [1.29, 1.82) is 0 Å². The molecule has 20 N–H and O–H groups in total. The Kier molecular flexibility index (Phi) is 26.5. The van der Waals surface area contributed by atoms with Crippen LogP contribution in [0.25, 0.3) is 66.5 Å². The van der Waals surface area contributed by atoms with Crippen LogP contribution in [0.15, 0.2) is 107 Å². The van der Waals surface area contributed by atoms with Crippen molar-refractivity contribution >= 4 is 225 Å². The molecule has 0 spiro atoms. The summed E-state index contributed by atoms with van der Waals surface area (Å²) in [4.78, 5) is 128. The van der Waals surface area contributed by atoms with Gasteiger partial charge in [0.15, 0.2) is 95.4 Å². The molecule has 21 heterocycles. The maximum Gasteiger partial charge on any atom is 0.386 e. The number of aromatic nitrogens is 18. The average Bonchev–Trinajstić information content (AvgIpc) is 1.63. The molecule has 9 aliphatic rings. The molecule has 30 atom stereocenters. The number of nitrogens with zero attached hydrogens (tertiary/aromatic N) is 15. The van der Waals surface area contributed by atoms with Gasteiger partial charge in [-0.3, -0.25) is 55.6 Å². The molecule has 12 aromatic heterocycles. The van der Waals surface area contributed by atoms with E-state index in [-0.39, 0.29) is 67.7 Å². The zero-order valence-corrected chi connectivity index (χ0v) is 78.7. The number of anilines is 6. The summed E-state index contributed by atoms with van der Waals surface area (Å²) in [6.45, 7) is -29.6. The van der Waals surface area contributed by atoms with Crippen LogP contribution in [0.2, 0.25) is 0 Å². The summed E-state index contributed by atoms with van der Waals surface area (Å²) in [6.07, 6.45) is -24.5. The molecule has 135 heavy (non-hydrogen) atoms. The number of thioether (sulfide) groups is 1. The lowest BCUT2D eigenvalue weighted by Crippen LogP contribution is -2.34. The summed E-state index contributed by atoms with van der Waals surface area (Å²) in [5.74, 6) is -0.219. The van der Waals surface area contributed by atoms with E-state index in [4.69, 9.17) is 171 Å². The highest BCUT2D eigenvalue weighted by Crippen LogP contribution is 2.62. The second-order valence-electron chi connectivity index (χ2n) is 31.0. The van der Waals surface area contributed by atoms with Gasteiger partial charge in [0, 0.05) is 65.3 Å². The Hall–Kier alpha value is -7.20. The first kappa shape index (κ1) is 96.7. The first-order valence-corrected chi connectivity index (χ1v) is 56.1. The molecule has 0 amide bonds. The van der Waals surface area contributed by atoms with Crippen molar-refractivity contribution in [3.8, 4) is 0 Å². The van der Waals surface area contributed by atoms with E-state index in [2.05, 4.69) is 72.4 Å². The molecular formula is C66H72F6N24O26P6S7. The van der Waals surface area contributed by atoms with Crippen LogP contribution in [0.3, 0.4) is 0 Å². The normalized spacial score (nSPS) is 37.7. The highest BCUT2D eigenvalue weighted by atomic mass is 32.7. The van der Waals surface area contributed by atoms with E-state index >= 15 is 26.3 Å². The third kappa shape index (κ3) is 19.0. The van der Waals surface area contributed by atoms with E-state index in [1.807, 2.05) is 0 Å². The second kappa shape index (κ2) is 37.0. The number of aromatic amines is 3. The van der Waals surface area contributed by atoms with Gasteiger partial charge >= 0.3 is 40.4 Å². The number of hydrogen-bond donors (Lipinski definition) is 15. The van der Waals surface area contributed by atoms with Crippen molar-refractivity contribution < 1.29 is 133 Å². The lowest BCUT2D eigenvalue weighted by atomic mass is 10.1. The Morgan fingerprint density at radius 3 is 1.30 bits per heavy atom. The van der Waals surface area contributed by atoms with E-state index in [0.717, 1.165) is 16.4 Å². The minimum absolute atomic E-state index is 0.0000126. The number of fused-ring (bicyclic) bond motifs is 15. The van der Waals surface area contributed by atoms with Gasteiger partial charge in [0.25, 0.3) is 16.7 Å². The lowest BCUT2D eigenvalue weighted by molar-refractivity contribution is -0.0597. The number of rotatable bonds is 6. The fourth-order valence-corrected chi connectivity index (χ4v) is 26.6. The highest BCUT2D eigenvalue weighted by Gasteiger charge is 2.59. The maximum absolute atomic E-state index is 16.0. The van der Waals surface area contributed by atoms with Gasteiger partial charge in [-0.25, -0.2) is 60.8 Å². The van der Waals surface area contributed by atoms with Crippen molar-refractivity contribution in [3.63, 3.8) is 0 Å². The fourth-order valence-electron chi connectivity index (χ4n) is 16.4. The third-order valence-corrected chi connectivity index (χ3v) is 33.4. The van der Waals surface area contributed by atoms with Gasteiger partial charge in [-0.15, -0.1) is 16.9 Å². The molecule has 21 rings (SSSR count). The van der Waals surface area contributed by atoms with Crippen LogP contribution >= 0.6 is 64.4 Å². The molecule has 9 fully saturated rings. The summed E-state index contributed by atoms with van der Waals surface area (Å²) < 4.78 is 213. The van der Waals surface area contributed by atoms with Gasteiger partial charge in [-0.1, -0.05) is 17.5 Å². The largest absolute Gasteiger partial charge is 0.398 e. The molecule has 9 aliphatic heterocycles. The number of pyridine rings is 5. The number of H-pyrrole nitrogens is 3. The van der Waals surface area contributed by atoms with Crippen LogP contribution < -0.4 is 51.1 Å². The van der Waals surface area contributed by atoms with E-state index in [9.17, 15) is 43.4 Å². The zero-order chi connectivity index (χ0) is 95.5. The number of hydrogen-bond acceptors (Lipinski definition) is 42. The van der Waals surface area contributed by atoms with E-state index in [0.29, 0.717) is 33.4 Å². The smallest absolute Gasteiger partial charge is 0.386 e. The molecular weight excluding hydrogens is 2070 g/mol. The number of nitrogens with two attached hydrogens (primary N) is 6. The van der Waals surface area contributed by atoms with Gasteiger partial charge in [0.1, 0.15) is 102 Å². The number of halogens is 6. The van der Waals surface area contributed by atoms with Crippen molar-refractivity contribution in [2.24, 2.45) is 0 Å². The van der Waals surface area contributed by atoms with Gasteiger partial charge in [0.05, 0.1) is 80.6 Å². The van der Waals surface area contributed by atoms with Crippen LogP contribution in [0.1, 0.15) is 36.5 Å². The molecule has 0 aromatic carbocycles. The number of ether oxygens (including phenoxy) is 5. The van der Waals surface area contributed by atoms with Crippen LogP contribution in [-0.2, 0) is 142 Å². The quantitative estimate of drug-likeness (QED) is 0.0609. The lowest BCUT2D eigenvalue weighted by Gasteiger charge is -2.27. The number of imidazole rings is 3. The number of thiol groups is 1. The fraction of sp³-hybridized carbons (Fsp3) is 0.455. The SMILES string of the molecule is Nc1cc2c(ncn2[C@@H]2O[C@@H]3COP(O)(=S)O[C@H]4[C@H](F)[C@H](n5ccc6c(N)ccnc65)O[C@@H]4COP(=O)(S)O[C@@H]2[C@@H]3F)c(=O)[nH]1.Nc1cc2c(ncn2[C@@H]2O[C@@H]3COP(O)(=S)O[C@H]4[C@H](F)[C@H](n5ccc6c(N)ccnc65)O[C@@H]4COP(O)(=S)O[C@@H]2[C@@H]3F)c(=O)[nH]1.Nc1nc2c(ncn2[C@@H]2S[C@@H]3COP(O)(=S)O[C@H]4[C@H](F)[C@H](n5nnc6c(N)ccnc65)O[C@@H]4COP(O)(=S)O[C@@H]2[C@H]3F)c(=O)[nH]1. The van der Waals surface area contributed by atoms with Crippen molar-refractivity contribution in [1.82, 2.24) is 87.7 Å². The monoisotopic (exact) mass is 2140 g/mol. The van der Waals surface area contributed by atoms with Crippen LogP contribution in [0, 0.1) is 0 Å². The van der Waals surface area contributed by atoms with Crippen molar-refractivity contribution in [2.75, 3.05) is 74.0 Å². The Morgan fingerprint density at radius 2 is 0.807 bits per heavy atom. The molecule has 69 heteroatoms. The highest BCUT2D eigenvalue weighted by molar-refractivity contribution is 8.44. The van der Waals surface area contributed by atoms with Crippen LogP contribution in [0.4, 0.5) is 61.0 Å². The van der Waals surface area contributed by atoms with Crippen LogP contribution in [-0.4, -0.2) is 261 Å². The van der Waals surface area contributed by atoms with E-state index < -0.39 is 243 Å². The molecule has 726 valence electrons. The average molecular weight is 2140 g/mol. The maximum atomic E-state index is 16.0. The minimum Gasteiger partial charge on any atom is -0.398 e. The molecule has 6 unspecified atom stereocenters. The molecule has 12 aromatic rings.